The number of sulfone groups is 1. The first-order valence-electron chi connectivity index (χ1n) is 8.43. The van der Waals surface area contributed by atoms with Crippen molar-refractivity contribution < 1.29 is 17.9 Å². The van der Waals surface area contributed by atoms with Gasteiger partial charge in [0.25, 0.3) is 0 Å². The highest BCUT2D eigenvalue weighted by molar-refractivity contribution is 7.92. The molecule has 0 aliphatic heterocycles. The standard InChI is InChI=1S/C19H22ClNO4S/c1-2-3-8-13-26(23,24)14-19(22)21-16-10-5-7-12-18(16)25-17-11-6-4-9-15(17)20/h4-7,9-12H,2-3,8,13-14H2,1H3,(H,21,22). The highest BCUT2D eigenvalue weighted by Gasteiger charge is 2.18. The third kappa shape index (κ3) is 6.35. The fourth-order valence-electron chi connectivity index (χ4n) is 2.34. The highest BCUT2D eigenvalue weighted by atomic mass is 35.5. The van der Waals surface area contributed by atoms with Crippen LogP contribution in [-0.4, -0.2) is 25.8 Å². The maximum absolute atomic E-state index is 12.2. The first kappa shape index (κ1) is 20.3. The first-order valence-corrected chi connectivity index (χ1v) is 10.6. The van der Waals surface area contributed by atoms with Crippen LogP contribution in [-0.2, 0) is 14.6 Å². The number of para-hydroxylation sites is 3. The molecule has 7 heteroatoms. The lowest BCUT2D eigenvalue weighted by Crippen LogP contribution is -2.24. The lowest BCUT2D eigenvalue weighted by Gasteiger charge is -2.13. The van der Waals surface area contributed by atoms with Gasteiger partial charge in [0.15, 0.2) is 15.6 Å². The minimum atomic E-state index is -3.43. The molecule has 1 N–H and O–H groups in total. The maximum Gasteiger partial charge on any atom is 0.239 e. The molecule has 0 saturated heterocycles. The summed E-state index contributed by atoms with van der Waals surface area (Å²) in [6.07, 6.45) is 2.32. The zero-order valence-corrected chi connectivity index (χ0v) is 16.1. The number of carbonyl (C=O) groups is 1. The van der Waals surface area contributed by atoms with Gasteiger partial charge in [-0.25, -0.2) is 8.42 Å². The van der Waals surface area contributed by atoms with E-state index in [9.17, 15) is 13.2 Å². The van der Waals surface area contributed by atoms with Crippen LogP contribution in [0.2, 0.25) is 5.02 Å². The van der Waals surface area contributed by atoms with E-state index in [-0.39, 0.29) is 5.75 Å². The Bertz CT molecular complexity index is 852. The average Bonchev–Trinajstić information content (AvgIpc) is 2.58. The van der Waals surface area contributed by atoms with Crippen LogP contribution in [0.3, 0.4) is 0 Å². The largest absolute Gasteiger partial charge is 0.454 e. The van der Waals surface area contributed by atoms with Gasteiger partial charge in [0.05, 0.1) is 16.5 Å². The highest BCUT2D eigenvalue weighted by Crippen LogP contribution is 2.33. The number of ether oxygens (including phenoxy) is 1. The molecule has 26 heavy (non-hydrogen) atoms. The molecule has 0 radical (unpaired) electrons. The number of amides is 1. The quantitative estimate of drug-likeness (QED) is 0.626. The lowest BCUT2D eigenvalue weighted by molar-refractivity contribution is -0.113. The first-order chi connectivity index (χ1) is 12.4. The number of anilines is 1. The predicted octanol–water partition coefficient (Wildman–Crippen LogP) is 4.68. The molecule has 0 aliphatic rings. The molecule has 140 valence electrons. The number of rotatable bonds is 9. The summed E-state index contributed by atoms with van der Waals surface area (Å²) in [6, 6.07) is 13.8. The summed E-state index contributed by atoms with van der Waals surface area (Å²) >= 11 is 6.09. The monoisotopic (exact) mass is 395 g/mol. The van der Waals surface area contributed by atoms with Gasteiger partial charge in [0, 0.05) is 0 Å². The molecule has 0 aliphatic carbocycles. The van der Waals surface area contributed by atoms with Gasteiger partial charge in [-0.2, -0.15) is 0 Å². The van der Waals surface area contributed by atoms with Gasteiger partial charge in [0.1, 0.15) is 11.5 Å². The fourth-order valence-corrected chi connectivity index (χ4v) is 3.77. The van der Waals surface area contributed by atoms with Crippen molar-refractivity contribution in [3.05, 3.63) is 53.6 Å². The zero-order valence-electron chi connectivity index (χ0n) is 14.6. The molecule has 0 spiro atoms. The van der Waals surface area contributed by atoms with Gasteiger partial charge in [-0.1, -0.05) is 55.6 Å². The molecule has 2 aromatic carbocycles. The van der Waals surface area contributed by atoms with Gasteiger partial charge >= 0.3 is 0 Å². The molecule has 2 rings (SSSR count). The molecule has 0 aromatic heterocycles. The Morgan fingerprint density at radius 3 is 2.38 bits per heavy atom. The van der Waals surface area contributed by atoms with Crippen molar-refractivity contribution in [2.75, 3.05) is 16.8 Å². The maximum atomic E-state index is 12.2. The number of nitrogens with one attached hydrogen (secondary N) is 1. The molecule has 5 nitrogen and oxygen atoms in total. The van der Waals surface area contributed by atoms with Crippen LogP contribution < -0.4 is 10.1 Å². The Kier molecular flexibility index (Phi) is 7.48. The minimum absolute atomic E-state index is 0.0199. The molecule has 0 fully saturated rings. The summed E-state index contributed by atoms with van der Waals surface area (Å²) in [5.74, 6) is -0.277. The molecular weight excluding hydrogens is 374 g/mol. The van der Waals surface area contributed by atoms with Crippen LogP contribution in [0.25, 0.3) is 0 Å². The van der Waals surface area contributed by atoms with Crippen molar-refractivity contribution >= 4 is 33.0 Å². The SMILES string of the molecule is CCCCCS(=O)(=O)CC(=O)Nc1ccccc1Oc1ccccc1Cl. The van der Waals surface area contributed by atoms with Crippen LogP contribution >= 0.6 is 11.6 Å². The Morgan fingerprint density at radius 2 is 1.69 bits per heavy atom. The van der Waals surface area contributed by atoms with E-state index >= 15 is 0 Å². The molecule has 0 bridgehead atoms. The summed E-state index contributed by atoms with van der Waals surface area (Å²) in [6.45, 7) is 2.00. The van der Waals surface area contributed by atoms with Crippen molar-refractivity contribution in [3.63, 3.8) is 0 Å². The topological polar surface area (TPSA) is 72.5 Å². The number of benzene rings is 2. The minimum Gasteiger partial charge on any atom is -0.454 e. The second kappa shape index (κ2) is 9.59. The summed E-state index contributed by atoms with van der Waals surface area (Å²) in [7, 11) is -3.43. The van der Waals surface area contributed by atoms with E-state index in [1.54, 1.807) is 48.5 Å². The summed E-state index contributed by atoms with van der Waals surface area (Å²) < 4.78 is 29.8. The summed E-state index contributed by atoms with van der Waals surface area (Å²) in [5, 5.41) is 3.05. The predicted molar refractivity (Wildman–Crippen MR) is 105 cm³/mol. The molecule has 0 atom stereocenters. The van der Waals surface area contributed by atoms with E-state index in [0.29, 0.717) is 28.6 Å². The van der Waals surface area contributed by atoms with Crippen LogP contribution in [0.5, 0.6) is 11.5 Å². The molecular formula is C19H22ClNO4S. The Hall–Kier alpha value is -2.05. The Labute approximate surface area is 159 Å². The Morgan fingerprint density at radius 1 is 1.04 bits per heavy atom. The Balaban J connectivity index is 2.06. The van der Waals surface area contributed by atoms with Crippen molar-refractivity contribution in [1.29, 1.82) is 0 Å². The van der Waals surface area contributed by atoms with Crippen molar-refractivity contribution in [3.8, 4) is 11.5 Å². The van der Waals surface area contributed by atoms with Crippen LogP contribution in [0.15, 0.2) is 48.5 Å². The van der Waals surface area contributed by atoms with Gasteiger partial charge in [0.2, 0.25) is 5.91 Å². The van der Waals surface area contributed by atoms with E-state index in [1.165, 1.54) is 0 Å². The van der Waals surface area contributed by atoms with Crippen molar-refractivity contribution in [2.24, 2.45) is 0 Å². The smallest absolute Gasteiger partial charge is 0.239 e. The zero-order chi connectivity index (χ0) is 19.0. The summed E-state index contributed by atoms with van der Waals surface area (Å²) in [4.78, 5) is 12.2. The number of unbranched alkanes of at least 4 members (excludes halogenated alkanes) is 2. The third-order valence-corrected chi connectivity index (χ3v) is 5.55. The number of carbonyl (C=O) groups excluding carboxylic acids is 1. The van der Waals surface area contributed by atoms with E-state index in [1.807, 2.05) is 6.92 Å². The van der Waals surface area contributed by atoms with Crippen LogP contribution in [0.4, 0.5) is 5.69 Å². The van der Waals surface area contributed by atoms with E-state index in [4.69, 9.17) is 16.3 Å². The number of hydrogen-bond donors (Lipinski definition) is 1. The number of hydrogen-bond acceptors (Lipinski definition) is 4. The van der Waals surface area contributed by atoms with Gasteiger partial charge in [-0.15, -0.1) is 0 Å². The molecule has 1 amide bonds. The van der Waals surface area contributed by atoms with E-state index in [0.717, 1.165) is 12.8 Å². The third-order valence-electron chi connectivity index (χ3n) is 3.63. The second-order valence-corrected chi connectivity index (χ2v) is 8.47. The van der Waals surface area contributed by atoms with Gasteiger partial charge in [-0.3, -0.25) is 4.79 Å². The average molecular weight is 396 g/mol. The van der Waals surface area contributed by atoms with Crippen LogP contribution in [0.1, 0.15) is 26.2 Å². The molecule has 0 saturated carbocycles. The van der Waals surface area contributed by atoms with E-state index < -0.39 is 21.5 Å². The molecule has 0 heterocycles. The normalized spacial score (nSPS) is 11.2. The van der Waals surface area contributed by atoms with Crippen molar-refractivity contribution in [1.82, 2.24) is 0 Å². The lowest BCUT2D eigenvalue weighted by atomic mass is 10.3. The van der Waals surface area contributed by atoms with Crippen LogP contribution in [0, 0.1) is 0 Å². The fraction of sp³-hybridized carbons (Fsp3) is 0.316. The second-order valence-electron chi connectivity index (χ2n) is 5.88. The molecule has 0 unspecified atom stereocenters. The van der Waals surface area contributed by atoms with Gasteiger partial charge in [-0.05, 0) is 30.7 Å². The van der Waals surface area contributed by atoms with E-state index in [2.05, 4.69) is 5.32 Å². The summed E-state index contributed by atoms with van der Waals surface area (Å²) in [5.41, 5.74) is 0.390. The van der Waals surface area contributed by atoms with Gasteiger partial charge < -0.3 is 10.1 Å². The van der Waals surface area contributed by atoms with Crippen molar-refractivity contribution in [2.45, 2.75) is 26.2 Å². The molecule has 2 aromatic rings. The number of halogens is 1.